The molecule has 1 aromatic carbocycles. The molecule has 1 N–H and O–H groups in total. The molecular weight excluding hydrogens is 250 g/mol. The van der Waals surface area contributed by atoms with Gasteiger partial charge in [0.2, 0.25) is 0 Å². The lowest BCUT2D eigenvalue weighted by Gasteiger charge is -2.36. The van der Waals surface area contributed by atoms with E-state index in [9.17, 15) is 4.79 Å². The first-order valence-electron chi connectivity index (χ1n) is 7.48. The summed E-state index contributed by atoms with van der Waals surface area (Å²) in [7, 11) is 2.17. The summed E-state index contributed by atoms with van der Waals surface area (Å²) in [5, 5.41) is 2.96. The van der Waals surface area contributed by atoms with E-state index in [0.29, 0.717) is 18.5 Å². The van der Waals surface area contributed by atoms with Gasteiger partial charge in [-0.1, -0.05) is 17.7 Å². The molecule has 3 rings (SSSR count). The Morgan fingerprint density at radius 1 is 1.45 bits per heavy atom. The quantitative estimate of drug-likeness (QED) is 0.852. The van der Waals surface area contributed by atoms with E-state index in [-0.39, 0.29) is 6.03 Å². The predicted molar refractivity (Wildman–Crippen MR) is 81.4 cm³/mol. The number of carbonyl (C=O) groups excluding carboxylic acids is 1. The molecule has 2 aliphatic rings. The number of nitrogens with one attached hydrogen (secondary N) is 1. The van der Waals surface area contributed by atoms with E-state index >= 15 is 0 Å². The number of piperidine rings is 1. The maximum Gasteiger partial charge on any atom is 0.322 e. The first kappa shape index (κ1) is 13.4. The fraction of sp³-hybridized carbons (Fsp3) is 0.562. The van der Waals surface area contributed by atoms with Gasteiger partial charge in [-0.05, 0) is 45.5 Å². The minimum absolute atomic E-state index is 0.0506. The number of hydrogen-bond donors (Lipinski definition) is 1. The number of anilines is 1. The Morgan fingerprint density at radius 3 is 3.00 bits per heavy atom. The summed E-state index contributed by atoms with van der Waals surface area (Å²) in [5.41, 5.74) is 3.72. The van der Waals surface area contributed by atoms with E-state index < -0.39 is 0 Å². The summed E-state index contributed by atoms with van der Waals surface area (Å²) in [4.78, 5) is 16.8. The summed E-state index contributed by atoms with van der Waals surface area (Å²) in [6, 6.07) is 6.83. The molecule has 0 bridgehead atoms. The van der Waals surface area contributed by atoms with Crippen LogP contribution in [-0.4, -0.2) is 43.7 Å². The van der Waals surface area contributed by atoms with E-state index in [0.717, 1.165) is 25.2 Å². The number of amides is 2. The van der Waals surface area contributed by atoms with Crippen molar-refractivity contribution in [1.82, 2.24) is 10.2 Å². The van der Waals surface area contributed by atoms with Gasteiger partial charge >= 0.3 is 6.03 Å². The summed E-state index contributed by atoms with van der Waals surface area (Å²) in [6.45, 7) is 6.86. The van der Waals surface area contributed by atoms with Gasteiger partial charge in [-0.15, -0.1) is 0 Å². The molecule has 0 radical (unpaired) electrons. The van der Waals surface area contributed by atoms with Gasteiger partial charge in [0, 0.05) is 30.7 Å². The minimum atomic E-state index is 0.0506. The fourth-order valence-corrected chi connectivity index (χ4v) is 3.58. The average Bonchev–Trinajstić information content (AvgIpc) is 2.72. The van der Waals surface area contributed by atoms with Gasteiger partial charge < -0.3 is 10.2 Å². The lowest BCUT2D eigenvalue weighted by atomic mass is 9.89. The smallest absolute Gasteiger partial charge is 0.322 e. The molecule has 0 spiro atoms. The van der Waals surface area contributed by atoms with E-state index in [1.54, 1.807) is 0 Å². The summed E-state index contributed by atoms with van der Waals surface area (Å²) in [6.07, 6.45) is 1.05. The molecular formula is C16H23N3O. The third kappa shape index (κ3) is 2.08. The van der Waals surface area contributed by atoms with Gasteiger partial charge in [0.05, 0.1) is 0 Å². The number of hydrogen-bond acceptors (Lipinski definition) is 2. The third-order valence-electron chi connectivity index (χ3n) is 4.50. The predicted octanol–water partition coefficient (Wildman–Crippen LogP) is 2.33. The second-order valence-corrected chi connectivity index (χ2v) is 5.99. The maximum atomic E-state index is 12.4. The molecule has 2 aliphatic heterocycles. The number of fused-ring (bicyclic) bond motifs is 3. The number of likely N-dealkylation sites (tertiary alicyclic amines) is 1. The molecule has 108 valence electrons. The second kappa shape index (κ2) is 5.09. The second-order valence-electron chi connectivity index (χ2n) is 5.99. The average molecular weight is 273 g/mol. The van der Waals surface area contributed by atoms with Crippen molar-refractivity contribution < 1.29 is 4.79 Å². The van der Waals surface area contributed by atoms with E-state index in [2.05, 4.69) is 42.4 Å². The Morgan fingerprint density at radius 2 is 2.25 bits per heavy atom. The summed E-state index contributed by atoms with van der Waals surface area (Å²) < 4.78 is 0. The van der Waals surface area contributed by atoms with Crippen LogP contribution in [0.25, 0.3) is 0 Å². The summed E-state index contributed by atoms with van der Waals surface area (Å²) >= 11 is 0. The number of aryl methyl sites for hydroxylation is 1. The first-order chi connectivity index (χ1) is 9.61. The molecule has 2 heterocycles. The molecule has 1 saturated heterocycles. The molecule has 0 saturated carbocycles. The third-order valence-corrected chi connectivity index (χ3v) is 4.50. The van der Waals surface area contributed by atoms with Crippen molar-refractivity contribution in [1.29, 1.82) is 0 Å². The van der Waals surface area contributed by atoms with Crippen LogP contribution in [0.1, 0.15) is 30.4 Å². The maximum absolute atomic E-state index is 12.4. The Balaban J connectivity index is 2.01. The van der Waals surface area contributed by atoms with Crippen molar-refractivity contribution in [3.63, 3.8) is 0 Å². The minimum Gasteiger partial charge on any atom is -0.338 e. The van der Waals surface area contributed by atoms with Crippen LogP contribution >= 0.6 is 0 Å². The van der Waals surface area contributed by atoms with Gasteiger partial charge in [0.15, 0.2) is 0 Å². The highest BCUT2D eigenvalue weighted by Crippen LogP contribution is 2.44. The number of nitrogens with zero attached hydrogens (tertiary/aromatic N) is 2. The highest BCUT2D eigenvalue weighted by molar-refractivity contribution is 5.95. The highest BCUT2D eigenvalue weighted by Gasteiger charge is 2.43. The zero-order valence-corrected chi connectivity index (χ0v) is 12.5. The summed E-state index contributed by atoms with van der Waals surface area (Å²) in [5.74, 6) is 0.450. The van der Waals surface area contributed by atoms with Crippen LogP contribution in [0.2, 0.25) is 0 Å². The Hall–Kier alpha value is -1.55. The van der Waals surface area contributed by atoms with E-state index in [1.165, 1.54) is 11.1 Å². The Labute approximate surface area is 120 Å². The normalized spacial score (nSPS) is 25.2. The van der Waals surface area contributed by atoms with Gasteiger partial charge in [-0.2, -0.15) is 0 Å². The van der Waals surface area contributed by atoms with Crippen molar-refractivity contribution in [2.45, 2.75) is 32.2 Å². The van der Waals surface area contributed by atoms with Crippen LogP contribution in [0.3, 0.4) is 0 Å². The molecule has 4 nitrogen and oxygen atoms in total. The molecule has 2 unspecified atom stereocenters. The number of carbonyl (C=O) groups is 1. The molecule has 4 heteroatoms. The molecule has 2 amide bonds. The zero-order valence-electron chi connectivity index (χ0n) is 12.5. The van der Waals surface area contributed by atoms with Crippen molar-refractivity contribution in [2.24, 2.45) is 0 Å². The highest BCUT2D eigenvalue weighted by atomic mass is 16.2. The SMILES string of the molecule is CCNC(=O)N1c2ccc(C)cc2C2CN(C)CCC21. The number of urea groups is 1. The molecule has 0 aliphatic carbocycles. The van der Waals surface area contributed by atoms with Gasteiger partial charge in [0.25, 0.3) is 0 Å². The van der Waals surface area contributed by atoms with Crippen molar-refractivity contribution >= 4 is 11.7 Å². The van der Waals surface area contributed by atoms with E-state index in [4.69, 9.17) is 0 Å². The molecule has 20 heavy (non-hydrogen) atoms. The van der Waals surface area contributed by atoms with Crippen molar-refractivity contribution in [3.8, 4) is 0 Å². The Bertz CT molecular complexity index is 528. The lowest BCUT2D eigenvalue weighted by Crippen LogP contribution is -2.50. The molecule has 2 atom stereocenters. The molecule has 1 aromatic rings. The number of rotatable bonds is 1. The number of benzene rings is 1. The van der Waals surface area contributed by atoms with Crippen LogP contribution in [0.4, 0.5) is 10.5 Å². The standard InChI is InChI=1S/C16H23N3O/c1-4-17-16(20)19-14-6-5-11(2)9-12(14)13-10-18(3)8-7-15(13)19/h5-6,9,13,15H,4,7-8,10H2,1-3H3,(H,17,20). The fourth-order valence-electron chi connectivity index (χ4n) is 3.58. The molecule has 1 fully saturated rings. The topological polar surface area (TPSA) is 35.6 Å². The van der Waals surface area contributed by atoms with Crippen LogP contribution < -0.4 is 10.2 Å². The zero-order chi connectivity index (χ0) is 14.3. The van der Waals surface area contributed by atoms with E-state index in [1.807, 2.05) is 11.8 Å². The van der Waals surface area contributed by atoms with Crippen molar-refractivity contribution in [3.05, 3.63) is 29.3 Å². The van der Waals surface area contributed by atoms with Gasteiger partial charge in [0.1, 0.15) is 0 Å². The molecule has 0 aromatic heterocycles. The number of likely N-dealkylation sites (N-methyl/N-ethyl adjacent to an activating group) is 1. The van der Waals surface area contributed by atoms with Gasteiger partial charge in [-0.3, -0.25) is 4.90 Å². The Kier molecular flexibility index (Phi) is 3.42. The van der Waals surface area contributed by atoms with Crippen LogP contribution in [-0.2, 0) is 0 Å². The van der Waals surface area contributed by atoms with Crippen LogP contribution in [0.15, 0.2) is 18.2 Å². The largest absolute Gasteiger partial charge is 0.338 e. The monoisotopic (exact) mass is 273 g/mol. The van der Waals surface area contributed by atoms with Gasteiger partial charge in [-0.25, -0.2) is 4.79 Å². The van der Waals surface area contributed by atoms with Crippen LogP contribution in [0, 0.1) is 6.92 Å². The van der Waals surface area contributed by atoms with Crippen molar-refractivity contribution in [2.75, 3.05) is 31.6 Å². The lowest BCUT2D eigenvalue weighted by molar-refractivity contribution is 0.219. The van der Waals surface area contributed by atoms with Crippen LogP contribution in [0.5, 0.6) is 0 Å². The first-order valence-corrected chi connectivity index (χ1v) is 7.48.